The van der Waals surface area contributed by atoms with Crippen LogP contribution in [0.3, 0.4) is 0 Å². The number of rotatable bonds is 5. The lowest BCUT2D eigenvalue weighted by Gasteiger charge is -2.47. The van der Waals surface area contributed by atoms with E-state index in [4.69, 9.17) is 0 Å². The standard InChI is InChI=1S/C16H26N2/c1-3-16(4-2)14-17-11-13-18(16)12-10-15-8-6-5-7-9-15/h5-9,17H,3-4,10-14H2,1-2H3. The molecule has 0 spiro atoms. The van der Waals surface area contributed by atoms with Crippen molar-refractivity contribution in [2.45, 2.75) is 38.6 Å². The topological polar surface area (TPSA) is 15.3 Å². The summed E-state index contributed by atoms with van der Waals surface area (Å²) in [5.74, 6) is 0. The van der Waals surface area contributed by atoms with Gasteiger partial charge in [-0.1, -0.05) is 44.2 Å². The molecule has 2 nitrogen and oxygen atoms in total. The first-order chi connectivity index (χ1) is 8.80. The molecule has 0 bridgehead atoms. The molecule has 0 radical (unpaired) electrons. The van der Waals surface area contributed by atoms with Crippen molar-refractivity contribution in [3.05, 3.63) is 35.9 Å². The Kier molecular flexibility index (Phi) is 4.79. The molecule has 1 aliphatic rings. The van der Waals surface area contributed by atoms with Gasteiger partial charge in [0.2, 0.25) is 0 Å². The molecule has 2 heteroatoms. The molecular weight excluding hydrogens is 220 g/mol. The first-order valence-electron chi connectivity index (χ1n) is 7.30. The second kappa shape index (κ2) is 6.35. The Labute approximate surface area is 111 Å². The predicted molar refractivity (Wildman–Crippen MR) is 77.9 cm³/mol. The Hall–Kier alpha value is -0.860. The fraction of sp³-hybridized carbons (Fsp3) is 0.625. The molecule has 0 aromatic heterocycles. The molecule has 1 aliphatic heterocycles. The maximum absolute atomic E-state index is 3.56. The summed E-state index contributed by atoms with van der Waals surface area (Å²) in [6.45, 7) is 9.31. The van der Waals surface area contributed by atoms with Crippen molar-refractivity contribution in [3.8, 4) is 0 Å². The van der Waals surface area contributed by atoms with Gasteiger partial charge in [-0.3, -0.25) is 4.90 Å². The van der Waals surface area contributed by atoms with Crippen LogP contribution in [0, 0.1) is 0 Å². The quantitative estimate of drug-likeness (QED) is 0.859. The lowest BCUT2D eigenvalue weighted by molar-refractivity contribution is 0.0533. The number of nitrogens with one attached hydrogen (secondary N) is 1. The van der Waals surface area contributed by atoms with E-state index in [0.717, 1.165) is 13.1 Å². The minimum atomic E-state index is 0.382. The van der Waals surface area contributed by atoms with Crippen LogP contribution in [0.2, 0.25) is 0 Å². The van der Waals surface area contributed by atoms with Gasteiger partial charge in [-0.2, -0.15) is 0 Å². The molecule has 0 atom stereocenters. The first-order valence-corrected chi connectivity index (χ1v) is 7.30. The third-order valence-electron chi connectivity index (χ3n) is 4.51. The van der Waals surface area contributed by atoms with Crippen LogP contribution in [0.4, 0.5) is 0 Å². The van der Waals surface area contributed by atoms with E-state index in [1.165, 1.54) is 37.9 Å². The van der Waals surface area contributed by atoms with Crippen molar-refractivity contribution in [1.29, 1.82) is 0 Å². The molecule has 1 heterocycles. The molecule has 1 N–H and O–H groups in total. The normalized spacial score (nSPS) is 19.9. The minimum absolute atomic E-state index is 0.382. The van der Waals surface area contributed by atoms with Gasteiger partial charge in [-0.05, 0) is 24.8 Å². The van der Waals surface area contributed by atoms with Crippen LogP contribution in [-0.2, 0) is 6.42 Å². The van der Waals surface area contributed by atoms with Crippen molar-refractivity contribution in [1.82, 2.24) is 10.2 Å². The van der Waals surface area contributed by atoms with Gasteiger partial charge in [0, 0.05) is 31.7 Å². The van der Waals surface area contributed by atoms with Gasteiger partial charge in [0.15, 0.2) is 0 Å². The van der Waals surface area contributed by atoms with Crippen molar-refractivity contribution >= 4 is 0 Å². The Morgan fingerprint density at radius 3 is 2.56 bits per heavy atom. The summed E-state index contributed by atoms with van der Waals surface area (Å²) in [5, 5.41) is 3.56. The summed E-state index contributed by atoms with van der Waals surface area (Å²) in [6.07, 6.45) is 3.65. The summed E-state index contributed by atoms with van der Waals surface area (Å²) >= 11 is 0. The molecule has 2 rings (SSSR count). The van der Waals surface area contributed by atoms with Gasteiger partial charge >= 0.3 is 0 Å². The number of hydrogen-bond donors (Lipinski definition) is 1. The summed E-state index contributed by atoms with van der Waals surface area (Å²) in [7, 11) is 0. The molecule has 1 saturated heterocycles. The Bertz CT molecular complexity index is 343. The highest BCUT2D eigenvalue weighted by molar-refractivity contribution is 5.15. The average molecular weight is 246 g/mol. The van der Waals surface area contributed by atoms with E-state index in [-0.39, 0.29) is 0 Å². The van der Waals surface area contributed by atoms with Crippen LogP contribution in [-0.4, -0.2) is 36.6 Å². The largest absolute Gasteiger partial charge is 0.314 e. The highest BCUT2D eigenvalue weighted by atomic mass is 15.3. The lowest BCUT2D eigenvalue weighted by Crippen LogP contribution is -2.61. The molecule has 18 heavy (non-hydrogen) atoms. The van der Waals surface area contributed by atoms with E-state index in [9.17, 15) is 0 Å². The van der Waals surface area contributed by atoms with Crippen LogP contribution < -0.4 is 5.32 Å². The molecule has 1 aromatic carbocycles. The highest BCUT2D eigenvalue weighted by Gasteiger charge is 2.34. The van der Waals surface area contributed by atoms with E-state index in [2.05, 4.69) is 54.4 Å². The third-order valence-corrected chi connectivity index (χ3v) is 4.51. The fourth-order valence-electron chi connectivity index (χ4n) is 3.09. The molecule has 1 fully saturated rings. The van der Waals surface area contributed by atoms with Crippen molar-refractivity contribution in [2.75, 3.05) is 26.2 Å². The number of benzene rings is 1. The SMILES string of the molecule is CCC1(CC)CNCCN1CCc1ccccc1. The summed E-state index contributed by atoms with van der Waals surface area (Å²) in [4.78, 5) is 2.70. The summed E-state index contributed by atoms with van der Waals surface area (Å²) in [5.41, 5.74) is 1.84. The minimum Gasteiger partial charge on any atom is -0.314 e. The van der Waals surface area contributed by atoms with E-state index in [1.807, 2.05) is 0 Å². The van der Waals surface area contributed by atoms with E-state index < -0.39 is 0 Å². The van der Waals surface area contributed by atoms with Gasteiger partial charge < -0.3 is 5.32 Å². The smallest absolute Gasteiger partial charge is 0.0329 e. The molecular formula is C16H26N2. The predicted octanol–water partition coefficient (Wildman–Crippen LogP) is 2.69. The van der Waals surface area contributed by atoms with E-state index >= 15 is 0 Å². The van der Waals surface area contributed by atoms with Crippen LogP contribution in [0.5, 0.6) is 0 Å². The van der Waals surface area contributed by atoms with Crippen LogP contribution in [0.1, 0.15) is 32.3 Å². The molecule has 100 valence electrons. The maximum atomic E-state index is 3.56. The van der Waals surface area contributed by atoms with Crippen LogP contribution in [0.15, 0.2) is 30.3 Å². The monoisotopic (exact) mass is 246 g/mol. The zero-order valence-corrected chi connectivity index (χ0v) is 11.8. The van der Waals surface area contributed by atoms with Crippen molar-refractivity contribution in [3.63, 3.8) is 0 Å². The van der Waals surface area contributed by atoms with Gasteiger partial charge in [-0.15, -0.1) is 0 Å². The van der Waals surface area contributed by atoms with Gasteiger partial charge in [0.1, 0.15) is 0 Å². The van der Waals surface area contributed by atoms with Gasteiger partial charge in [0.25, 0.3) is 0 Å². The third kappa shape index (κ3) is 2.93. The highest BCUT2D eigenvalue weighted by Crippen LogP contribution is 2.25. The summed E-state index contributed by atoms with van der Waals surface area (Å²) < 4.78 is 0. The molecule has 1 aromatic rings. The zero-order valence-electron chi connectivity index (χ0n) is 11.8. The second-order valence-corrected chi connectivity index (χ2v) is 5.33. The van der Waals surface area contributed by atoms with Gasteiger partial charge in [-0.25, -0.2) is 0 Å². The van der Waals surface area contributed by atoms with Gasteiger partial charge in [0.05, 0.1) is 0 Å². The molecule has 0 aliphatic carbocycles. The van der Waals surface area contributed by atoms with E-state index in [1.54, 1.807) is 0 Å². The van der Waals surface area contributed by atoms with E-state index in [0.29, 0.717) is 5.54 Å². The fourth-order valence-corrected chi connectivity index (χ4v) is 3.09. The zero-order chi connectivity index (χ0) is 12.8. The number of hydrogen-bond acceptors (Lipinski definition) is 2. The Balaban J connectivity index is 1.98. The summed E-state index contributed by atoms with van der Waals surface area (Å²) in [6, 6.07) is 10.8. The first kappa shape index (κ1) is 13.6. The number of nitrogens with zero attached hydrogens (tertiary/aromatic N) is 1. The van der Waals surface area contributed by atoms with Crippen molar-refractivity contribution in [2.24, 2.45) is 0 Å². The van der Waals surface area contributed by atoms with Crippen LogP contribution in [0.25, 0.3) is 0 Å². The Morgan fingerprint density at radius 1 is 1.17 bits per heavy atom. The molecule has 0 saturated carbocycles. The maximum Gasteiger partial charge on any atom is 0.0329 e. The molecule has 0 amide bonds. The average Bonchev–Trinajstić information content (AvgIpc) is 2.46. The second-order valence-electron chi connectivity index (χ2n) is 5.33. The Morgan fingerprint density at radius 2 is 1.89 bits per heavy atom. The lowest BCUT2D eigenvalue weighted by atomic mass is 9.88. The number of piperazine rings is 1. The molecule has 0 unspecified atom stereocenters. The van der Waals surface area contributed by atoms with Crippen LogP contribution >= 0.6 is 0 Å². The van der Waals surface area contributed by atoms with Crippen molar-refractivity contribution < 1.29 is 0 Å².